The molecule has 0 saturated heterocycles. The average Bonchev–Trinajstić information content (AvgIpc) is 2.47. The number of carbonyl (C=O) groups is 1. The maximum Gasteiger partial charge on any atom is 0.257 e. The van der Waals surface area contributed by atoms with Gasteiger partial charge in [-0.25, -0.2) is 0 Å². The molecule has 0 heterocycles. The lowest BCUT2D eigenvalue weighted by molar-refractivity contribution is 0.102. The molecule has 0 aliphatic rings. The number of para-hydroxylation sites is 1. The van der Waals surface area contributed by atoms with Crippen LogP contribution in [0.3, 0.4) is 0 Å². The minimum absolute atomic E-state index is 0.198. The molecular weight excluding hydrogens is 252 g/mol. The second-order valence-electron chi connectivity index (χ2n) is 4.59. The number of rotatable bonds is 4. The topological polar surface area (TPSA) is 70.4 Å². The molecule has 104 valence electrons. The number of hydrogen-bond acceptors (Lipinski definition) is 4. The van der Waals surface area contributed by atoms with Gasteiger partial charge in [-0.1, -0.05) is 12.1 Å². The largest absolute Gasteiger partial charge is 0.378 e. The third-order valence-electron chi connectivity index (χ3n) is 2.97. The zero-order valence-corrected chi connectivity index (χ0v) is 11.6. The number of nitrogens with zero attached hydrogens (tertiary/aromatic N) is 1. The number of nitrogens with one attached hydrogen (secondary N) is 2. The summed E-state index contributed by atoms with van der Waals surface area (Å²) in [7, 11) is 3.94. The lowest BCUT2D eigenvalue weighted by Crippen LogP contribution is -2.17. The molecule has 1 amide bonds. The number of carbonyl (C=O) groups excluding carboxylic acids is 1. The monoisotopic (exact) mass is 270 g/mol. The molecular formula is C15H18N4O. The van der Waals surface area contributed by atoms with Crippen LogP contribution in [0.25, 0.3) is 0 Å². The zero-order valence-electron chi connectivity index (χ0n) is 11.6. The van der Waals surface area contributed by atoms with Gasteiger partial charge in [0.25, 0.3) is 5.91 Å². The number of nitrogens with two attached hydrogens (primary N) is 1. The minimum atomic E-state index is -0.198. The van der Waals surface area contributed by atoms with E-state index in [0.29, 0.717) is 11.3 Å². The normalized spacial score (nSPS) is 9.95. The molecule has 0 fully saturated rings. The van der Waals surface area contributed by atoms with Crippen LogP contribution in [0.15, 0.2) is 48.5 Å². The van der Waals surface area contributed by atoms with Crippen LogP contribution >= 0.6 is 0 Å². The maximum atomic E-state index is 12.2. The molecule has 0 aliphatic heterocycles. The smallest absolute Gasteiger partial charge is 0.257 e. The van der Waals surface area contributed by atoms with E-state index in [2.05, 4.69) is 10.7 Å². The SMILES string of the molecule is CN(C)c1ccc(NC(=O)c2ccccc2NN)cc1. The van der Waals surface area contributed by atoms with Crippen molar-refractivity contribution in [2.75, 3.05) is 29.7 Å². The fourth-order valence-corrected chi connectivity index (χ4v) is 1.85. The van der Waals surface area contributed by atoms with E-state index in [4.69, 9.17) is 5.84 Å². The van der Waals surface area contributed by atoms with E-state index >= 15 is 0 Å². The summed E-state index contributed by atoms with van der Waals surface area (Å²) in [5.41, 5.74) is 5.44. The van der Waals surface area contributed by atoms with Gasteiger partial charge in [-0.2, -0.15) is 0 Å². The van der Waals surface area contributed by atoms with Crippen molar-refractivity contribution >= 4 is 23.0 Å². The molecule has 0 unspecified atom stereocenters. The molecule has 20 heavy (non-hydrogen) atoms. The first-order valence-electron chi connectivity index (χ1n) is 6.26. The van der Waals surface area contributed by atoms with Crippen LogP contribution in [0.1, 0.15) is 10.4 Å². The molecule has 0 aliphatic carbocycles. The Morgan fingerprint density at radius 1 is 1.05 bits per heavy atom. The molecule has 5 nitrogen and oxygen atoms in total. The summed E-state index contributed by atoms with van der Waals surface area (Å²) in [6.07, 6.45) is 0. The van der Waals surface area contributed by atoms with Crippen LogP contribution in [-0.4, -0.2) is 20.0 Å². The van der Waals surface area contributed by atoms with Gasteiger partial charge in [0.2, 0.25) is 0 Å². The molecule has 0 bridgehead atoms. The van der Waals surface area contributed by atoms with Gasteiger partial charge < -0.3 is 15.6 Å². The van der Waals surface area contributed by atoms with Crippen molar-refractivity contribution in [1.82, 2.24) is 0 Å². The molecule has 2 aromatic carbocycles. The summed E-state index contributed by atoms with van der Waals surface area (Å²) in [4.78, 5) is 14.2. The van der Waals surface area contributed by atoms with Gasteiger partial charge in [0.05, 0.1) is 11.3 Å². The van der Waals surface area contributed by atoms with E-state index in [1.165, 1.54) is 0 Å². The van der Waals surface area contributed by atoms with Crippen LogP contribution in [0.5, 0.6) is 0 Å². The Bertz CT molecular complexity index is 593. The molecule has 0 aromatic heterocycles. The molecule has 0 saturated carbocycles. The number of benzene rings is 2. The van der Waals surface area contributed by atoms with Crippen molar-refractivity contribution in [1.29, 1.82) is 0 Å². The van der Waals surface area contributed by atoms with E-state index in [0.717, 1.165) is 11.4 Å². The molecule has 0 spiro atoms. The first kappa shape index (κ1) is 13.9. The average molecular weight is 270 g/mol. The second kappa shape index (κ2) is 6.08. The van der Waals surface area contributed by atoms with Crippen molar-refractivity contribution in [3.05, 3.63) is 54.1 Å². The van der Waals surface area contributed by atoms with Gasteiger partial charge >= 0.3 is 0 Å². The first-order chi connectivity index (χ1) is 9.61. The predicted molar refractivity (Wildman–Crippen MR) is 83.0 cm³/mol. The highest BCUT2D eigenvalue weighted by atomic mass is 16.1. The number of nitrogen functional groups attached to an aromatic ring is 1. The molecule has 4 N–H and O–H groups in total. The summed E-state index contributed by atoms with van der Waals surface area (Å²) in [5.74, 6) is 5.20. The summed E-state index contributed by atoms with van der Waals surface area (Å²) < 4.78 is 0. The van der Waals surface area contributed by atoms with Crippen LogP contribution in [0.2, 0.25) is 0 Å². The maximum absolute atomic E-state index is 12.2. The third-order valence-corrected chi connectivity index (χ3v) is 2.97. The first-order valence-corrected chi connectivity index (χ1v) is 6.26. The number of amides is 1. The number of anilines is 3. The summed E-state index contributed by atoms with van der Waals surface area (Å²) in [5, 5.41) is 2.85. The van der Waals surface area contributed by atoms with Crippen molar-refractivity contribution in [2.45, 2.75) is 0 Å². The van der Waals surface area contributed by atoms with Gasteiger partial charge in [0.1, 0.15) is 0 Å². The lowest BCUT2D eigenvalue weighted by Gasteiger charge is -2.13. The van der Waals surface area contributed by atoms with Crippen molar-refractivity contribution in [3.63, 3.8) is 0 Å². The summed E-state index contributed by atoms with van der Waals surface area (Å²) in [6.45, 7) is 0. The Balaban J connectivity index is 2.15. The quantitative estimate of drug-likeness (QED) is 0.589. The Labute approximate surface area is 118 Å². The standard InChI is InChI=1S/C15H18N4O/c1-19(2)12-9-7-11(8-10-12)17-15(20)13-5-3-4-6-14(13)18-16/h3-10,18H,16H2,1-2H3,(H,17,20). The van der Waals surface area contributed by atoms with E-state index in [1.807, 2.05) is 49.3 Å². The van der Waals surface area contributed by atoms with Gasteiger partial charge in [0, 0.05) is 25.5 Å². The second-order valence-corrected chi connectivity index (χ2v) is 4.59. The Morgan fingerprint density at radius 2 is 1.70 bits per heavy atom. The number of hydrazine groups is 1. The van der Waals surface area contributed by atoms with E-state index in [-0.39, 0.29) is 5.91 Å². The minimum Gasteiger partial charge on any atom is -0.378 e. The van der Waals surface area contributed by atoms with Gasteiger partial charge in [-0.3, -0.25) is 10.6 Å². The summed E-state index contributed by atoms with van der Waals surface area (Å²) in [6, 6.07) is 14.7. The summed E-state index contributed by atoms with van der Waals surface area (Å²) >= 11 is 0. The lowest BCUT2D eigenvalue weighted by atomic mass is 10.1. The highest BCUT2D eigenvalue weighted by Gasteiger charge is 2.10. The fourth-order valence-electron chi connectivity index (χ4n) is 1.85. The van der Waals surface area contributed by atoms with Crippen LogP contribution in [-0.2, 0) is 0 Å². The van der Waals surface area contributed by atoms with Gasteiger partial charge in [-0.05, 0) is 36.4 Å². The van der Waals surface area contributed by atoms with Crippen molar-refractivity contribution < 1.29 is 4.79 Å². The van der Waals surface area contributed by atoms with Crippen LogP contribution in [0.4, 0.5) is 17.1 Å². The highest BCUT2D eigenvalue weighted by Crippen LogP contribution is 2.18. The Kier molecular flexibility index (Phi) is 4.22. The van der Waals surface area contributed by atoms with E-state index < -0.39 is 0 Å². The molecule has 0 atom stereocenters. The highest BCUT2D eigenvalue weighted by molar-refractivity contribution is 6.08. The Morgan fingerprint density at radius 3 is 2.30 bits per heavy atom. The van der Waals surface area contributed by atoms with Crippen LogP contribution < -0.4 is 21.5 Å². The molecule has 0 radical (unpaired) electrons. The van der Waals surface area contributed by atoms with Crippen LogP contribution in [0, 0.1) is 0 Å². The number of hydrogen-bond donors (Lipinski definition) is 3. The molecule has 5 heteroatoms. The van der Waals surface area contributed by atoms with Gasteiger partial charge in [0.15, 0.2) is 0 Å². The van der Waals surface area contributed by atoms with E-state index in [9.17, 15) is 4.79 Å². The van der Waals surface area contributed by atoms with E-state index in [1.54, 1.807) is 18.2 Å². The fraction of sp³-hybridized carbons (Fsp3) is 0.133. The van der Waals surface area contributed by atoms with Crippen molar-refractivity contribution in [3.8, 4) is 0 Å². The Hall–Kier alpha value is -2.53. The predicted octanol–water partition coefficient (Wildman–Crippen LogP) is 2.29. The third kappa shape index (κ3) is 3.07. The van der Waals surface area contributed by atoms with Gasteiger partial charge in [-0.15, -0.1) is 0 Å². The van der Waals surface area contributed by atoms with Crippen molar-refractivity contribution in [2.24, 2.45) is 5.84 Å². The molecule has 2 rings (SSSR count). The zero-order chi connectivity index (χ0) is 14.5. The molecule has 2 aromatic rings.